The van der Waals surface area contributed by atoms with Crippen molar-refractivity contribution in [2.45, 2.75) is 10.8 Å². The van der Waals surface area contributed by atoms with Crippen molar-refractivity contribution in [3.63, 3.8) is 0 Å². The maximum atomic E-state index is 14.8. The molecule has 1 aliphatic rings. The summed E-state index contributed by atoms with van der Waals surface area (Å²) in [6.45, 7) is 5.13. The minimum Gasteiger partial charge on any atom is -0.378 e. The summed E-state index contributed by atoms with van der Waals surface area (Å²) < 4.78 is 20.0. The van der Waals surface area contributed by atoms with Crippen molar-refractivity contribution in [2.75, 3.05) is 31.2 Å². The largest absolute Gasteiger partial charge is 0.378 e. The number of rotatable bonds is 4. The van der Waals surface area contributed by atoms with Crippen LogP contribution in [-0.2, 0) is 4.74 Å². The number of anilines is 1. The van der Waals surface area contributed by atoms with Gasteiger partial charge in [-0.15, -0.1) is 0 Å². The second-order valence-corrected chi connectivity index (χ2v) is 8.96. The van der Waals surface area contributed by atoms with E-state index < -0.39 is 0 Å². The highest BCUT2D eigenvalue weighted by molar-refractivity contribution is 14.1. The molecule has 4 aromatic rings. The second kappa shape index (κ2) is 9.03. The molecule has 6 nitrogen and oxygen atoms in total. The first-order valence-corrected chi connectivity index (χ1v) is 11.6. The molecular weight excluding hydrogens is 520 g/mol. The molecule has 1 aliphatic heterocycles. The van der Waals surface area contributed by atoms with Crippen LogP contribution in [0.25, 0.3) is 22.2 Å². The normalized spacial score (nSPS) is 15.2. The van der Waals surface area contributed by atoms with Gasteiger partial charge in [-0.05, 0) is 48.9 Å². The number of halogens is 2. The third-order valence-electron chi connectivity index (χ3n) is 5.71. The zero-order chi connectivity index (χ0) is 22.1. The molecule has 8 heteroatoms. The Labute approximate surface area is 199 Å². The van der Waals surface area contributed by atoms with Gasteiger partial charge in [0.1, 0.15) is 18.5 Å². The lowest BCUT2D eigenvalue weighted by Crippen LogP contribution is -2.36. The average Bonchev–Trinajstić information content (AvgIpc) is 2.84. The zero-order valence-corrected chi connectivity index (χ0v) is 19.7. The summed E-state index contributed by atoms with van der Waals surface area (Å²) in [6.07, 6.45) is 4.82. The Kier molecular flexibility index (Phi) is 5.97. The molecule has 32 heavy (non-hydrogen) atoms. The zero-order valence-electron chi connectivity index (χ0n) is 17.5. The highest BCUT2D eigenvalue weighted by atomic mass is 127. The Balaban J connectivity index is 1.55. The molecule has 0 aliphatic carbocycles. The molecule has 0 radical (unpaired) electrons. The van der Waals surface area contributed by atoms with E-state index in [0.29, 0.717) is 5.56 Å². The van der Waals surface area contributed by atoms with E-state index in [1.807, 2.05) is 13.0 Å². The van der Waals surface area contributed by atoms with Crippen molar-refractivity contribution in [1.29, 1.82) is 0 Å². The number of aromatic nitrogens is 4. The quantitative estimate of drug-likeness (QED) is 0.271. The van der Waals surface area contributed by atoms with Gasteiger partial charge in [-0.3, -0.25) is 0 Å². The first kappa shape index (κ1) is 21.1. The van der Waals surface area contributed by atoms with Crippen molar-refractivity contribution in [1.82, 2.24) is 19.9 Å². The third-order valence-corrected chi connectivity index (χ3v) is 6.98. The van der Waals surface area contributed by atoms with Crippen LogP contribution in [0.1, 0.15) is 20.7 Å². The summed E-state index contributed by atoms with van der Waals surface area (Å²) in [5.41, 5.74) is 5.93. The third kappa shape index (κ3) is 4.04. The first-order chi connectivity index (χ1) is 15.6. The lowest BCUT2D eigenvalue weighted by Gasteiger charge is -2.29. The fourth-order valence-electron chi connectivity index (χ4n) is 4.00. The summed E-state index contributed by atoms with van der Waals surface area (Å²) in [7, 11) is 0. The van der Waals surface area contributed by atoms with E-state index in [0.717, 1.165) is 65.4 Å². The van der Waals surface area contributed by atoms with E-state index in [1.54, 1.807) is 18.6 Å². The number of ether oxygens (including phenoxy) is 1. The van der Waals surface area contributed by atoms with Gasteiger partial charge in [0, 0.05) is 41.5 Å². The number of fused-ring (bicyclic) bond motifs is 1. The Morgan fingerprint density at radius 3 is 2.69 bits per heavy atom. The van der Waals surface area contributed by atoms with Gasteiger partial charge in [-0.1, -0.05) is 22.6 Å². The summed E-state index contributed by atoms with van der Waals surface area (Å²) in [6, 6.07) is 11.4. The summed E-state index contributed by atoms with van der Waals surface area (Å²) in [5.74, 6) is -0.265. The summed E-state index contributed by atoms with van der Waals surface area (Å²) in [4.78, 5) is 19.8. The van der Waals surface area contributed by atoms with E-state index in [-0.39, 0.29) is 9.74 Å². The molecule has 1 saturated heterocycles. The number of hydrogen-bond acceptors (Lipinski definition) is 6. The van der Waals surface area contributed by atoms with Gasteiger partial charge in [-0.2, -0.15) is 0 Å². The van der Waals surface area contributed by atoms with E-state index in [2.05, 4.69) is 65.6 Å². The van der Waals surface area contributed by atoms with Crippen molar-refractivity contribution in [3.8, 4) is 11.3 Å². The van der Waals surface area contributed by atoms with E-state index in [1.165, 1.54) is 12.4 Å². The lowest BCUT2D eigenvalue weighted by atomic mass is 10.00. The van der Waals surface area contributed by atoms with Gasteiger partial charge >= 0.3 is 0 Å². The smallest absolute Gasteiger partial charge is 0.127 e. The van der Waals surface area contributed by atoms with Crippen LogP contribution in [0, 0.1) is 12.7 Å². The van der Waals surface area contributed by atoms with Gasteiger partial charge in [0.15, 0.2) is 0 Å². The Morgan fingerprint density at radius 1 is 1.03 bits per heavy atom. The molecule has 0 amide bonds. The second-order valence-electron chi connectivity index (χ2n) is 7.71. The van der Waals surface area contributed by atoms with Crippen LogP contribution in [0.5, 0.6) is 0 Å². The van der Waals surface area contributed by atoms with Crippen LogP contribution in [-0.4, -0.2) is 46.2 Å². The molecule has 1 fully saturated rings. The van der Waals surface area contributed by atoms with Crippen molar-refractivity contribution < 1.29 is 9.13 Å². The van der Waals surface area contributed by atoms with Gasteiger partial charge < -0.3 is 9.64 Å². The minimum absolute atomic E-state index is 0.239. The SMILES string of the molecule is Cc1cncnc1C(I)c1cc(-c2ncnc3cc(N4CCOCC4)ccc23)ccc1F. The fraction of sp³-hybridized carbons (Fsp3) is 0.250. The predicted octanol–water partition coefficient (Wildman–Crippen LogP) is 4.90. The van der Waals surface area contributed by atoms with E-state index in [4.69, 9.17) is 4.74 Å². The van der Waals surface area contributed by atoms with Crippen LogP contribution in [0.4, 0.5) is 10.1 Å². The number of alkyl halides is 1. The molecule has 0 bridgehead atoms. The van der Waals surface area contributed by atoms with Gasteiger partial charge in [0.25, 0.3) is 0 Å². The van der Waals surface area contributed by atoms with E-state index >= 15 is 0 Å². The molecular formula is C24H21FIN5O. The maximum Gasteiger partial charge on any atom is 0.127 e. The van der Waals surface area contributed by atoms with Crippen LogP contribution in [0.3, 0.4) is 0 Å². The predicted molar refractivity (Wildman–Crippen MR) is 131 cm³/mol. The topological polar surface area (TPSA) is 64.0 Å². The molecule has 1 atom stereocenters. The van der Waals surface area contributed by atoms with Crippen LogP contribution >= 0.6 is 22.6 Å². The minimum atomic E-state index is -0.265. The van der Waals surface area contributed by atoms with Gasteiger partial charge in [0.2, 0.25) is 0 Å². The van der Waals surface area contributed by atoms with Crippen molar-refractivity contribution in [3.05, 3.63) is 77.9 Å². The standard InChI is InChI=1S/C24H21FIN5O/c1-15-12-27-13-29-23(15)22(26)19-10-16(2-5-20(19)25)24-18-4-3-17(11-21(18)28-14-30-24)31-6-8-32-9-7-31/h2-5,10-14,22H,6-9H2,1H3. The van der Waals surface area contributed by atoms with Crippen molar-refractivity contribution >= 4 is 39.2 Å². The fourth-order valence-corrected chi connectivity index (χ4v) is 5.13. The Morgan fingerprint density at radius 2 is 1.88 bits per heavy atom. The first-order valence-electron chi connectivity index (χ1n) is 10.4. The molecule has 1 unspecified atom stereocenters. The molecule has 2 aromatic carbocycles. The lowest BCUT2D eigenvalue weighted by molar-refractivity contribution is 0.122. The molecule has 0 N–H and O–H groups in total. The summed E-state index contributed by atoms with van der Waals surface area (Å²) >= 11 is 2.23. The molecule has 3 heterocycles. The highest BCUT2D eigenvalue weighted by Gasteiger charge is 2.20. The number of aryl methyl sites for hydroxylation is 1. The van der Waals surface area contributed by atoms with Gasteiger partial charge in [0.05, 0.1) is 34.0 Å². The molecule has 5 rings (SSSR count). The van der Waals surface area contributed by atoms with Crippen LogP contribution in [0.2, 0.25) is 0 Å². The highest BCUT2D eigenvalue weighted by Crippen LogP contribution is 2.36. The number of nitrogens with zero attached hydrogens (tertiary/aromatic N) is 5. The number of benzene rings is 2. The Bertz CT molecular complexity index is 1280. The summed E-state index contributed by atoms with van der Waals surface area (Å²) in [5, 5.41) is 0.935. The van der Waals surface area contributed by atoms with Crippen LogP contribution < -0.4 is 4.90 Å². The molecule has 162 valence electrons. The average molecular weight is 541 g/mol. The molecule has 0 saturated carbocycles. The monoisotopic (exact) mass is 541 g/mol. The van der Waals surface area contributed by atoms with Crippen LogP contribution in [0.15, 0.2) is 55.2 Å². The molecule has 2 aromatic heterocycles. The number of hydrogen-bond donors (Lipinski definition) is 0. The Hall–Kier alpha value is -2.72. The van der Waals surface area contributed by atoms with Crippen molar-refractivity contribution in [2.24, 2.45) is 0 Å². The van der Waals surface area contributed by atoms with E-state index in [9.17, 15) is 4.39 Å². The number of morpholine rings is 1. The molecule has 0 spiro atoms. The van der Waals surface area contributed by atoms with Gasteiger partial charge in [-0.25, -0.2) is 24.3 Å². The maximum absolute atomic E-state index is 14.8.